The fourth-order valence-electron chi connectivity index (χ4n) is 5.34. The van der Waals surface area contributed by atoms with Gasteiger partial charge in [0.15, 0.2) is 0 Å². The van der Waals surface area contributed by atoms with E-state index >= 15 is 0 Å². The molecule has 5 rings (SSSR count). The largest absolute Gasteiger partial charge is 0.452 e. The monoisotopic (exact) mass is 535 g/mol. The summed E-state index contributed by atoms with van der Waals surface area (Å²) in [5.41, 5.74) is 3.12. The fraction of sp³-hybridized carbons (Fsp3) is 0.444. The highest BCUT2D eigenvalue weighted by Gasteiger charge is 2.31. The van der Waals surface area contributed by atoms with Crippen LogP contribution in [0.4, 0.5) is 15.3 Å². The average molecular weight is 536 g/mol. The van der Waals surface area contributed by atoms with Crippen LogP contribution in [0.1, 0.15) is 24.7 Å². The van der Waals surface area contributed by atoms with Crippen LogP contribution in [0.5, 0.6) is 0 Å². The first-order valence-electron chi connectivity index (χ1n) is 13.2. The van der Waals surface area contributed by atoms with Gasteiger partial charge in [0.1, 0.15) is 12.4 Å². The zero-order valence-electron chi connectivity index (χ0n) is 22.2. The molecule has 2 aromatic heterocycles. The second-order valence-electron chi connectivity index (χ2n) is 9.82. The zero-order chi connectivity index (χ0) is 27.5. The van der Waals surface area contributed by atoms with Gasteiger partial charge in [0.05, 0.1) is 23.8 Å². The van der Waals surface area contributed by atoms with E-state index in [0.29, 0.717) is 45.0 Å². The SMILES string of the molecule is COC(=O)N1c2ccc3c(nc(CCn4ccccc4=O)n3CC(=O)NCCN3CCNC3=O)c2CC[C@@H]1C. The van der Waals surface area contributed by atoms with E-state index in [2.05, 4.69) is 10.6 Å². The summed E-state index contributed by atoms with van der Waals surface area (Å²) in [6.07, 6.45) is 3.24. The number of fused-ring (bicyclic) bond motifs is 3. The molecule has 1 fully saturated rings. The maximum atomic E-state index is 13.0. The predicted molar refractivity (Wildman–Crippen MR) is 145 cm³/mol. The van der Waals surface area contributed by atoms with Crippen LogP contribution in [-0.2, 0) is 35.5 Å². The Bertz CT molecular complexity index is 1460. The minimum Gasteiger partial charge on any atom is -0.452 e. The number of imidazole rings is 1. The van der Waals surface area contributed by atoms with Crippen LogP contribution < -0.4 is 21.1 Å². The van der Waals surface area contributed by atoms with Crippen molar-refractivity contribution in [3.05, 3.63) is 58.3 Å². The number of hydrogen-bond donors (Lipinski definition) is 2. The van der Waals surface area contributed by atoms with Crippen molar-refractivity contribution in [2.75, 3.05) is 38.2 Å². The number of urea groups is 1. The molecule has 12 nitrogen and oxygen atoms in total. The van der Waals surface area contributed by atoms with Crippen molar-refractivity contribution in [2.45, 2.75) is 45.3 Å². The molecule has 2 aliphatic heterocycles. The summed E-state index contributed by atoms with van der Waals surface area (Å²) in [4.78, 5) is 57.9. The van der Waals surface area contributed by atoms with Gasteiger partial charge in [-0.05, 0) is 38.0 Å². The number of nitrogens with one attached hydrogen (secondary N) is 2. The highest BCUT2D eigenvalue weighted by molar-refractivity contribution is 5.95. The topological polar surface area (TPSA) is 131 Å². The predicted octanol–water partition coefficient (Wildman–Crippen LogP) is 1.49. The molecule has 39 heavy (non-hydrogen) atoms. The molecular weight excluding hydrogens is 502 g/mol. The Balaban J connectivity index is 1.44. The van der Waals surface area contributed by atoms with E-state index in [1.807, 2.05) is 23.6 Å². The lowest BCUT2D eigenvalue weighted by Gasteiger charge is -2.34. The average Bonchev–Trinajstić information content (AvgIpc) is 3.50. The second kappa shape index (κ2) is 11.2. The van der Waals surface area contributed by atoms with Crippen molar-refractivity contribution >= 4 is 34.8 Å². The van der Waals surface area contributed by atoms with Gasteiger partial charge < -0.3 is 29.4 Å². The number of carbonyl (C=O) groups excluding carboxylic acids is 3. The van der Waals surface area contributed by atoms with Crippen LogP contribution in [0, 0.1) is 0 Å². The van der Waals surface area contributed by atoms with E-state index in [-0.39, 0.29) is 30.1 Å². The molecule has 206 valence electrons. The van der Waals surface area contributed by atoms with Gasteiger partial charge in [-0.15, -0.1) is 0 Å². The first kappa shape index (κ1) is 26.3. The van der Waals surface area contributed by atoms with Gasteiger partial charge in [0, 0.05) is 63.0 Å². The lowest BCUT2D eigenvalue weighted by molar-refractivity contribution is -0.121. The third-order valence-electron chi connectivity index (χ3n) is 7.39. The number of amides is 4. The van der Waals surface area contributed by atoms with Gasteiger partial charge in [0.2, 0.25) is 5.91 Å². The number of ether oxygens (including phenoxy) is 1. The molecular formula is C27H33N7O5. The van der Waals surface area contributed by atoms with Crippen molar-refractivity contribution in [2.24, 2.45) is 0 Å². The second-order valence-corrected chi connectivity index (χ2v) is 9.82. The normalized spacial score (nSPS) is 16.8. The number of pyridine rings is 1. The van der Waals surface area contributed by atoms with Gasteiger partial charge in [-0.1, -0.05) is 6.07 Å². The number of benzene rings is 1. The van der Waals surface area contributed by atoms with Crippen molar-refractivity contribution < 1.29 is 19.1 Å². The molecule has 1 aromatic carbocycles. The van der Waals surface area contributed by atoms with Crippen LogP contribution in [0.25, 0.3) is 11.0 Å². The Morgan fingerprint density at radius 2 is 2.03 bits per heavy atom. The molecule has 0 saturated carbocycles. The van der Waals surface area contributed by atoms with Gasteiger partial charge in [-0.3, -0.25) is 14.5 Å². The first-order chi connectivity index (χ1) is 18.9. The van der Waals surface area contributed by atoms with E-state index in [1.54, 1.807) is 32.7 Å². The molecule has 2 aliphatic rings. The Morgan fingerprint density at radius 1 is 1.18 bits per heavy atom. The summed E-state index contributed by atoms with van der Waals surface area (Å²) in [6, 6.07) is 8.64. The van der Waals surface area contributed by atoms with Crippen molar-refractivity contribution in [3.63, 3.8) is 0 Å². The quantitative estimate of drug-likeness (QED) is 0.450. The number of rotatable bonds is 8. The van der Waals surface area contributed by atoms with Crippen LogP contribution in [0.3, 0.4) is 0 Å². The molecule has 0 unspecified atom stereocenters. The van der Waals surface area contributed by atoms with Crippen LogP contribution in [0.2, 0.25) is 0 Å². The molecule has 0 aliphatic carbocycles. The fourth-order valence-corrected chi connectivity index (χ4v) is 5.34. The molecule has 1 atom stereocenters. The third kappa shape index (κ3) is 5.31. The van der Waals surface area contributed by atoms with Crippen molar-refractivity contribution in [1.82, 2.24) is 29.7 Å². The highest BCUT2D eigenvalue weighted by atomic mass is 16.5. The smallest absolute Gasteiger partial charge is 0.414 e. The van der Waals surface area contributed by atoms with E-state index in [1.165, 1.54) is 13.2 Å². The minimum absolute atomic E-state index is 0.0163. The van der Waals surface area contributed by atoms with Crippen molar-refractivity contribution in [3.8, 4) is 0 Å². The molecule has 0 spiro atoms. The standard InChI is InChI=1S/C27H33N7O5/c1-18-6-7-19-20(34(18)27(38)39-2)8-9-21-25(19)30-22(10-14-31-13-4-3-5-24(31)36)33(21)17-23(35)28-11-15-32-16-12-29-26(32)37/h3-5,8-9,13,18H,6-7,10-12,14-17H2,1-2H3,(H,28,35)(H,29,37)/t18-/m0/s1. The summed E-state index contributed by atoms with van der Waals surface area (Å²) < 4.78 is 8.53. The zero-order valence-corrected chi connectivity index (χ0v) is 22.2. The number of aryl methyl sites for hydroxylation is 3. The number of aromatic nitrogens is 3. The third-order valence-corrected chi connectivity index (χ3v) is 7.39. The van der Waals surface area contributed by atoms with Gasteiger partial charge >= 0.3 is 12.1 Å². The highest BCUT2D eigenvalue weighted by Crippen LogP contribution is 2.36. The van der Waals surface area contributed by atoms with Gasteiger partial charge in [0.25, 0.3) is 5.56 Å². The van der Waals surface area contributed by atoms with Crippen molar-refractivity contribution in [1.29, 1.82) is 0 Å². The molecule has 12 heteroatoms. The van der Waals surface area contributed by atoms with Crippen LogP contribution in [-0.4, -0.2) is 76.4 Å². The van der Waals surface area contributed by atoms with Gasteiger partial charge in [-0.25, -0.2) is 14.6 Å². The van der Waals surface area contributed by atoms with Gasteiger partial charge in [-0.2, -0.15) is 0 Å². The molecule has 4 amide bonds. The maximum Gasteiger partial charge on any atom is 0.414 e. The maximum absolute atomic E-state index is 13.0. The summed E-state index contributed by atoms with van der Waals surface area (Å²) in [5.74, 6) is 0.473. The number of methoxy groups -OCH3 is 1. The number of carbonyl (C=O) groups is 3. The Kier molecular flexibility index (Phi) is 7.53. The molecule has 3 aromatic rings. The first-order valence-corrected chi connectivity index (χ1v) is 13.2. The molecule has 1 saturated heterocycles. The molecule has 4 heterocycles. The van der Waals surface area contributed by atoms with E-state index in [9.17, 15) is 19.2 Å². The van der Waals surface area contributed by atoms with E-state index in [0.717, 1.165) is 35.1 Å². The van der Waals surface area contributed by atoms with E-state index in [4.69, 9.17) is 9.72 Å². The summed E-state index contributed by atoms with van der Waals surface area (Å²) in [5, 5.41) is 5.66. The molecule has 0 radical (unpaired) electrons. The Labute approximate surface area is 225 Å². The summed E-state index contributed by atoms with van der Waals surface area (Å²) >= 11 is 0. The minimum atomic E-state index is -0.419. The van der Waals surface area contributed by atoms with Crippen LogP contribution in [0.15, 0.2) is 41.3 Å². The Hall–Kier alpha value is -4.35. The number of hydrogen-bond acceptors (Lipinski definition) is 6. The Morgan fingerprint density at radius 3 is 2.77 bits per heavy atom. The van der Waals surface area contributed by atoms with E-state index < -0.39 is 6.09 Å². The lowest BCUT2D eigenvalue weighted by Crippen LogP contribution is -2.42. The number of nitrogens with zero attached hydrogens (tertiary/aromatic N) is 5. The summed E-state index contributed by atoms with van der Waals surface area (Å²) in [7, 11) is 1.37. The molecule has 0 bridgehead atoms. The summed E-state index contributed by atoms with van der Waals surface area (Å²) in [6.45, 7) is 4.44. The van der Waals surface area contributed by atoms with Crippen LogP contribution >= 0.6 is 0 Å². The molecule has 2 N–H and O–H groups in total. The lowest BCUT2D eigenvalue weighted by atomic mass is 9.96. The number of anilines is 1.